The van der Waals surface area contributed by atoms with Crippen molar-refractivity contribution in [2.45, 2.75) is 0 Å². The van der Waals surface area contributed by atoms with Crippen LogP contribution in [0, 0.1) is 6.08 Å². The third kappa shape index (κ3) is 1.38. The summed E-state index contributed by atoms with van der Waals surface area (Å²) in [6.07, 6.45) is 5.03. The Bertz CT molecular complexity index is 414. The van der Waals surface area contributed by atoms with Gasteiger partial charge in [-0.1, -0.05) is 0 Å². The summed E-state index contributed by atoms with van der Waals surface area (Å²) in [6.45, 7) is 0.0885. The summed E-state index contributed by atoms with van der Waals surface area (Å²) in [4.78, 5) is 26.4. The Kier molecular flexibility index (Phi) is 1.75. The average molecular weight is 181 g/mol. The molecule has 13 heavy (non-hydrogen) atoms. The van der Waals surface area contributed by atoms with Gasteiger partial charge < -0.3 is 4.42 Å². The lowest BCUT2D eigenvalue weighted by Crippen LogP contribution is -2.31. The van der Waals surface area contributed by atoms with Crippen LogP contribution in [-0.2, 0) is 9.63 Å². The Labute approximate surface area is 72.4 Å². The van der Waals surface area contributed by atoms with Crippen molar-refractivity contribution in [3.63, 3.8) is 0 Å². The standard InChI is InChI=1S/C7H5N2O4/c10-6-3-5(4-13-8-6)9-1-2-12-7(9)11/h1-2H,4H2,(H,8,10). The summed E-state index contributed by atoms with van der Waals surface area (Å²) in [7, 11) is 0. The molecule has 1 aromatic rings. The van der Waals surface area contributed by atoms with Gasteiger partial charge in [0.15, 0.2) is 0 Å². The zero-order valence-electron chi connectivity index (χ0n) is 6.44. The lowest BCUT2D eigenvalue weighted by atomic mass is 10.4. The SMILES string of the molecule is O=C1[C]=C(n2ccoc2=O)CON1. The molecule has 0 saturated carbocycles. The van der Waals surface area contributed by atoms with Gasteiger partial charge in [0.2, 0.25) is 0 Å². The molecule has 0 spiro atoms. The molecular weight excluding hydrogens is 176 g/mol. The van der Waals surface area contributed by atoms with Gasteiger partial charge >= 0.3 is 5.76 Å². The first-order valence-electron chi connectivity index (χ1n) is 3.48. The summed E-state index contributed by atoms with van der Waals surface area (Å²) < 4.78 is 5.66. The van der Waals surface area contributed by atoms with Crippen molar-refractivity contribution in [2.24, 2.45) is 0 Å². The lowest BCUT2D eigenvalue weighted by molar-refractivity contribution is -0.129. The van der Waals surface area contributed by atoms with Crippen LogP contribution in [0.25, 0.3) is 5.70 Å². The molecule has 1 aromatic heterocycles. The maximum absolute atomic E-state index is 11.0. The molecule has 6 heteroatoms. The van der Waals surface area contributed by atoms with Gasteiger partial charge in [0.05, 0.1) is 18.0 Å². The predicted octanol–water partition coefficient (Wildman–Crippen LogP) is -0.853. The summed E-state index contributed by atoms with van der Waals surface area (Å²) in [5.41, 5.74) is 2.40. The number of amides is 1. The Morgan fingerprint density at radius 2 is 2.38 bits per heavy atom. The van der Waals surface area contributed by atoms with Gasteiger partial charge in [-0.05, 0) is 0 Å². The van der Waals surface area contributed by atoms with Crippen molar-refractivity contribution < 1.29 is 14.0 Å². The second kappa shape index (κ2) is 2.91. The first kappa shape index (κ1) is 7.81. The number of aromatic nitrogens is 1. The van der Waals surface area contributed by atoms with Gasteiger partial charge in [0.25, 0.3) is 5.91 Å². The molecule has 1 amide bonds. The van der Waals surface area contributed by atoms with Crippen LogP contribution in [0.4, 0.5) is 0 Å². The van der Waals surface area contributed by atoms with Crippen LogP contribution in [0.2, 0.25) is 0 Å². The molecule has 0 aromatic carbocycles. The number of hydroxylamine groups is 1. The summed E-state index contributed by atoms with van der Waals surface area (Å²) in [5, 5.41) is 0. The molecule has 0 unspecified atom stereocenters. The minimum atomic E-state index is -0.569. The van der Waals surface area contributed by atoms with Crippen molar-refractivity contribution in [3.05, 3.63) is 29.1 Å². The van der Waals surface area contributed by atoms with Crippen LogP contribution in [0.5, 0.6) is 0 Å². The number of hydrogen-bond donors (Lipinski definition) is 1. The van der Waals surface area contributed by atoms with Gasteiger partial charge in [-0.15, -0.1) is 0 Å². The maximum Gasteiger partial charge on any atom is 0.423 e. The number of hydrogen-bond acceptors (Lipinski definition) is 4. The average Bonchev–Trinajstić information content (AvgIpc) is 2.51. The molecule has 1 N–H and O–H groups in total. The van der Waals surface area contributed by atoms with E-state index in [1.807, 2.05) is 0 Å². The lowest BCUT2D eigenvalue weighted by Gasteiger charge is -2.11. The van der Waals surface area contributed by atoms with E-state index in [2.05, 4.69) is 20.8 Å². The minimum Gasteiger partial charge on any atom is -0.416 e. The monoisotopic (exact) mass is 181 g/mol. The van der Waals surface area contributed by atoms with Crippen molar-refractivity contribution in [2.75, 3.05) is 6.61 Å². The molecule has 1 aliphatic heterocycles. The van der Waals surface area contributed by atoms with Crippen LogP contribution >= 0.6 is 0 Å². The van der Waals surface area contributed by atoms with Gasteiger partial charge in [-0.3, -0.25) is 14.2 Å². The number of rotatable bonds is 1. The fourth-order valence-corrected chi connectivity index (χ4v) is 0.960. The maximum atomic E-state index is 11.0. The molecule has 67 valence electrons. The molecule has 2 rings (SSSR count). The summed E-state index contributed by atoms with van der Waals surface area (Å²) in [6, 6.07) is 0. The Morgan fingerprint density at radius 3 is 3.00 bits per heavy atom. The van der Waals surface area contributed by atoms with E-state index < -0.39 is 11.7 Å². The van der Waals surface area contributed by atoms with Gasteiger partial charge in [0, 0.05) is 0 Å². The fourth-order valence-electron chi connectivity index (χ4n) is 0.960. The van der Waals surface area contributed by atoms with E-state index in [4.69, 9.17) is 0 Å². The van der Waals surface area contributed by atoms with E-state index in [1.54, 1.807) is 0 Å². The Balaban J connectivity index is 2.42. The van der Waals surface area contributed by atoms with E-state index in [0.717, 1.165) is 4.57 Å². The first-order valence-corrected chi connectivity index (χ1v) is 3.48. The van der Waals surface area contributed by atoms with E-state index in [9.17, 15) is 9.59 Å². The van der Waals surface area contributed by atoms with E-state index in [-0.39, 0.29) is 6.61 Å². The third-order valence-electron chi connectivity index (χ3n) is 1.50. The largest absolute Gasteiger partial charge is 0.423 e. The van der Waals surface area contributed by atoms with E-state index >= 15 is 0 Å². The fraction of sp³-hybridized carbons (Fsp3) is 0.143. The summed E-state index contributed by atoms with van der Waals surface area (Å²) in [5.74, 6) is -1.09. The second-order valence-corrected chi connectivity index (χ2v) is 2.33. The van der Waals surface area contributed by atoms with Crippen molar-refractivity contribution in [1.82, 2.24) is 10.0 Å². The van der Waals surface area contributed by atoms with Gasteiger partial charge in [-0.2, -0.15) is 0 Å². The number of carbonyl (C=O) groups excluding carboxylic acids is 1. The number of oxazole rings is 1. The summed E-state index contributed by atoms with van der Waals surface area (Å²) >= 11 is 0. The molecule has 0 saturated heterocycles. The van der Waals surface area contributed by atoms with E-state index in [1.165, 1.54) is 12.5 Å². The highest BCUT2D eigenvalue weighted by molar-refractivity contribution is 5.88. The molecule has 0 bridgehead atoms. The highest BCUT2D eigenvalue weighted by atomic mass is 16.7. The van der Waals surface area contributed by atoms with Crippen molar-refractivity contribution in [1.29, 1.82) is 0 Å². The van der Waals surface area contributed by atoms with Crippen LogP contribution in [-0.4, -0.2) is 17.1 Å². The molecule has 6 nitrogen and oxygen atoms in total. The smallest absolute Gasteiger partial charge is 0.416 e. The minimum absolute atomic E-state index is 0.0885. The Morgan fingerprint density at radius 1 is 1.54 bits per heavy atom. The van der Waals surface area contributed by atoms with Gasteiger partial charge in [0.1, 0.15) is 12.9 Å². The molecule has 2 heterocycles. The molecule has 1 radical (unpaired) electrons. The number of nitrogens with one attached hydrogen (secondary N) is 1. The number of carbonyl (C=O) groups is 1. The number of nitrogens with zero attached hydrogens (tertiary/aromatic N) is 1. The molecule has 0 atom stereocenters. The van der Waals surface area contributed by atoms with Crippen LogP contribution < -0.4 is 11.2 Å². The van der Waals surface area contributed by atoms with Crippen molar-refractivity contribution >= 4 is 11.6 Å². The first-order chi connectivity index (χ1) is 6.27. The second-order valence-electron chi connectivity index (χ2n) is 2.33. The molecule has 0 fully saturated rings. The van der Waals surface area contributed by atoms with Crippen LogP contribution in [0.3, 0.4) is 0 Å². The Hall–Kier alpha value is -1.82. The highest BCUT2D eigenvalue weighted by Gasteiger charge is 2.13. The van der Waals surface area contributed by atoms with E-state index in [0.29, 0.717) is 5.70 Å². The topological polar surface area (TPSA) is 73.5 Å². The van der Waals surface area contributed by atoms with Gasteiger partial charge in [-0.25, -0.2) is 10.3 Å². The molecular formula is C7H5N2O4. The van der Waals surface area contributed by atoms with Crippen LogP contribution in [0.1, 0.15) is 0 Å². The van der Waals surface area contributed by atoms with Crippen molar-refractivity contribution in [3.8, 4) is 0 Å². The molecule has 1 aliphatic rings. The van der Waals surface area contributed by atoms with Crippen LogP contribution in [0.15, 0.2) is 21.7 Å². The normalized spacial score (nSPS) is 16.6. The highest BCUT2D eigenvalue weighted by Crippen LogP contribution is 2.03. The third-order valence-corrected chi connectivity index (χ3v) is 1.50. The zero-order valence-corrected chi connectivity index (χ0v) is 6.44. The quantitative estimate of drug-likeness (QED) is 0.612. The molecule has 0 aliphatic carbocycles. The predicted molar refractivity (Wildman–Crippen MR) is 40.0 cm³/mol. The zero-order chi connectivity index (χ0) is 9.26.